The number of aromatic nitrogens is 5. The highest BCUT2D eigenvalue weighted by Crippen LogP contribution is 2.28. The van der Waals surface area contributed by atoms with E-state index >= 15 is 0 Å². The van der Waals surface area contributed by atoms with Crippen LogP contribution in [0, 0.1) is 6.92 Å². The molecule has 0 radical (unpaired) electrons. The maximum atomic E-state index is 13.3. The molecule has 0 N–H and O–H groups in total. The second-order valence-electron chi connectivity index (χ2n) is 6.55. The number of rotatable bonds is 4. The van der Waals surface area contributed by atoms with Crippen molar-refractivity contribution in [3.63, 3.8) is 0 Å². The average Bonchev–Trinajstić information content (AvgIpc) is 3.37. The molecule has 0 fully saturated rings. The lowest BCUT2D eigenvalue weighted by Gasteiger charge is -2.18. The quantitative estimate of drug-likeness (QED) is 0.556. The van der Waals surface area contributed by atoms with Gasteiger partial charge < -0.3 is 9.32 Å². The van der Waals surface area contributed by atoms with Gasteiger partial charge in [-0.1, -0.05) is 0 Å². The van der Waals surface area contributed by atoms with Gasteiger partial charge in [0, 0.05) is 27.3 Å². The zero-order valence-corrected chi connectivity index (χ0v) is 15.7. The van der Waals surface area contributed by atoms with E-state index in [1.807, 2.05) is 33.2 Å². The molecule has 4 aromatic rings. The summed E-state index contributed by atoms with van der Waals surface area (Å²) in [4.78, 5) is 19.6. The molecule has 8 nitrogen and oxygen atoms in total. The van der Waals surface area contributed by atoms with Crippen LogP contribution >= 0.6 is 0 Å². The normalized spacial score (nSPS) is 11.3. The van der Waals surface area contributed by atoms with E-state index in [0.717, 1.165) is 16.8 Å². The standard InChI is InChI=1S/C19H20N6O2/c1-12-17-14(19(26)23(2)11-13-7-8-20-24(13)3)10-15(16-6-5-9-27-16)21-18(17)25(4)22-12/h5-10H,11H2,1-4H3. The van der Waals surface area contributed by atoms with Crippen LogP contribution in [0.5, 0.6) is 0 Å². The molecule has 0 bridgehead atoms. The molecule has 0 unspecified atom stereocenters. The van der Waals surface area contributed by atoms with Crippen LogP contribution in [0.25, 0.3) is 22.5 Å². The predicted molar refractivity (Wildman–Crippen MR) is 100.0 cm³/mol. The van der Waals surface area contributed by atoms with Gasteiger partial charge in [-0.25, -0.2) is 4.98 Å². The number of carbonyl (C=O) groups excluding carboxylic acids is 1. The molecule has 4 aromatic heterocycles. The lowest BCUT2D eigenvalue weighted by atomic mass is 10.1. The predicted octanol–water partition coefficient (Wildman–Crippen LogP) is 2.54. The first-order valence-corrected chi connectivity index (χ1v) is 8.56. The molecule has 0 aliphatic heterocycles. The van der Waals surface area contributed by atoms with Gasteiger partial charge in [0.2, 0.25) is 0 Å². The summed E-state index contributed by atoms with van der Waals surface area (Å²) in [5, 5.41) is 9.36. The number of furan rings is 1. The van der Waals surface area contributed by atoms with Crippen molar-refractivity contribution in [2.75, 3.05) is 7.05 Å². The van der Waals surface area contributed by atoms with Gasteiger partial charge in [-0.3, -0.25) is 14.2 Å². The Morgan fingerprint density at radius 3 is 2.74 bits per heavy atom. The van der Waals surface area contributed by atoms with Crippen molar-refractivity contribution in [1.82, 2.24) is 29.4 Å². The van der Waals surface area contributed by atoms with E-state index in [0.29, 0.717) is 29.2 Å². The topological polar surface area (TPSA) is 82.0 Å². The smallest absolute Gasteiger partial charge is 0.254 e. The largest absolute Gasteiger partial charge is 0.463 e. The minimum Gasteiger partial charge on any atom is -0.463 e. The number of fused-ring (bicyclic) bond motifs is 1. The summed E-state index contributed by atoms with van der Waals surface area (Å²) in [7, 11) is 5.46. The molecular formula is C19H20N6O2. The van der Waals surface area contributed by atoms with Crippen LogP contribution < -0.4 is 0 Å². The fraction of sp³-hybridized carbons (Fsp3) is 0.263. The lowest BCUT2D eigenvalue weighted by molar-refractivity contribution is 0.0784. The zero-order valence-electron chi connectivity index (χ0n) is 15.7. The van der Waals surface area contributed by atoms with E-state index < -0.39 is 0 Å². The molecule has 0 saturated heterocycles. The van der Waals surface area contributed by atoms with Gasteiger partial charge in [0.15, 0.2) is 11.4 Å². The lowest BCUT2D eigenvalue weighted by Crippen LogP contribution is -2.27. The number of pyridine rings is 1. The minimum absolute atomic E-state index is 0.104. The third kappa shape index (κ3) is 2.88. The van der Waals surface area contributed by atoms with Crippen LogP contribution in [0.15, 0.2) is 41.1 Å². The summed E-state index contributed by atoms with van der Waals surface area (Å²) in [6.45, 7) is 2.34. The summed E-state index contributed by atoms with van der Waals surface area (Å²) in [5.41, 5.74) is 3.53. The molecule has 138 valence electrons. The molecule has 0 spiro atoms. The molecule has 4 heterocycles. The highest BCUT2D eigenvalue weighted by molar-refractivity contribution is 6.07. The van der Waals surface area contributed by atoms with Crippen molar-refractivity contribution < 1.29 is 9.21 Å². The van der Waals surface area contributed by atoms with Crippen LogP contribution in [-0.2, 0) is 20.6 Å². The van der Waals surface area contributed by atoms with E-state index in [-0.39, 0.29) is 5.91 Å². The third-order valence-corrected chi connectivity index (χ3v) is 4.64. The number of hydrogen-bond donors (Lipinski definition) is 0. The SMILES string of the molecule is Cc1nn(C)c2nc(-c3ccco3)cc(C(=O)N(C)Cc3ccnn3C)c12. The summed E-state index contributed by atoms with van der Waals surface area (Å²) in [6.07, 6.45) is 3.31. The van der Waals surface area contributed by atoms with Crippen molar-refractivity contribution >= 4 is 16.9 Å². The highest BCUT2D eigenvalue weighted by Gasteiger charge is 2.22. The molecular weight excluding hydrogens is 344 g/mol. The van der Waals surface area contributed by atoms with Crippen molar-refractivity contribution in [2.45, 2.75) is 13.5 Å². The monoisotopic (exact) mass is 364 g/mol. The Balaban J connectivity index is 1.81. The van der Waals surface area contributed by atoms with Crippen LogP contribution in [0.3, 0.4) is 0 Å². The maximum Gasteiger partial charge on any atom is 0.254 e. The molecule has 27 heavy (non-hydrogen) atoms. The number of nitrogens with zero attached hydrogens (tertiary/aromatic N) is 6. The van der Waals surface area contributed by atoms with E-state index in [4.69, 9.17) is 4.42 Å². The molecule has 0 saturated carbocycles. The molecule has 1 amide bonds. The molecule has 4 rings (SSSR count). The average molecular weight is 364 g/mol. The fourth-order valence-corrected chi connectivity index (χ4v) is 3.24. The summed E-state index contributed by atoms with van der Waals surface area (Å²) < 4.78 is 8.93. The van der Waals surface area contributed by atoms with Crippen LogP contribution in [0.4, 0.5) is 0 Å². The zero-order chi connectivity index (χ0) is 19.1. The van der Waals surface area contributed by atoms with E-state index in [1.54, 1.807) is 45.9 Å². The Bertz CT molecular complexity index is 1120. The Hall–Kier alpha value is -3.42. The van der Waals surface area contributed by atoms with Crippen molar-refractivity contribution in [2.24, 2.45) is 14.1 Å². The first-order chi connectivity index (χ1) is 13.0. The van der Waals surface area contributed by atoms with Gasteiger partial charge in [-0.05, 0) is 31.2 Å². The third-order valence-electron chi connectivity index (χ3n) is 4.64. The minimum atomic E-state index is -0.104. The van der Waals surface area contributed by atoms with Crippen LogP contribution in [-0.4, -0.2) is 42.4 Å². The number of carbonyl (C=O) groups is 1. The van der Waals surface area contributed by atoms with Gasteiger partial charge in [-0.2, -0.15) is 10.2 Å². The van der Waals surface area contributed by atoms with Crippen molar-refractivity contribution in [3.8, 4) is 11.5 Å². The number of hydrogen-bond acceptors (Lipinski definition) is 5. The Morgan fingerprint density at radius 2 is 2.07 bits per heavy atom. The maximum absolute atomic E-state index is 13.3. The Labute approximate surface area is 156 Å². The van der Waals surface area contributed by atoms with Crippen LogP contribution in [0.2, 0.25) is 0 Å². The molecule has 0 aliphatic carbocycles. The number of amides is 1. The Morgan fingerprint density at radius 1 is 1.26 bits per heavy atom. The summed E-state index contributed by atoms with van der Waals surface area (Å²) in [5.74, 6) is 0.506. The van der Waals surface area contributed by atoms with Gasteiger partial charge in [0.1, 0.15) is 5.69 Å². The van der Waals surface area contributed by atoms with E-state index in [1.165, 1.54) is 0 Å². The highest BCUT2D eigenvalue weighted by atomic mass is 16.3. The second kappa shape index (κ2) is 6.39. The van der Waals surface area contributed by atoms with E-state index in [9.17, 15) is 4.79 Å². The fourth-order valence-electron chi connectivity index (χ4n) is 3.24. The number of aryl methyl sites for hydroxylation is 3. The van der Waals surface area contributed by atoms with Crippen LogP contribution in [0.1, 0.15) is 21.7 Å². The van der Waals surface area contributed by atoms with Crippen molar-refractivity contribution in [3.05, 3.63) is 53.7 Å². The first kappa shape index (κ1) is 17.0. The summed E-state index contributed by atoms with van der Waals surface area (Å²) in [6, 6.07) is 7.30. The van der Waals surface area contributed by atoms with Gasteiger partial charge in [0.25, 0.3) is 5.91 Å². The second-order valence-corrected chi connectivity index (χ2v) is 6.55. The van der Waals surface area contributed by atoms with Gasteiger partial charge >= 0.3 is 0 Å². The van der Waals surface area contributed by atoms with Gasteiger partial charge in [0.05, 0.1) is 35.1 Å². The Kier molecular flexibility index (Phi) is 4.02. The molecule has 0 aromatic carbocycles. The summed E-state index contributed by atoms with van der Waals surface area (Å²) >= 11 is 0. The van der Waals surface area contributed by atoms with E-state index in [2.05, 4.69) is 15.2 Å². The van der Waals surface area contributed by atoms with Gasteiger partial charge in [-0.15, -0.1) is 0 Å². The van der Waals surface area contributed by atoms with Crippen molar-refractivity contribution in [1.29, 1.82) is 0 Å². The molecule has 8 heteroatoms. The first-order valence-electron chi connectivity index (χ1n) is 8.56. The molecule has 0 aliphatic rings. The molecule has 0 atom stereocenters.